The van der Waals surface area contributed by atoms with Gasteiger partial charge in [-0.15, -0.1) is 12.4 Å². The van der Waals surface area contributed by atoms with E-state index in [1.54, 1.807) is 7.11 Å². The van der Waals surface area contributed by atoms with E-state index < -0.39 is 6.04 Å². The summed E-state index contributed by atoms with van der Waals surface area (Å²) in [6.45, 7) is 5.49. The van der Waals surface area contributed by atoms with E-state index in [2.05, 4.69) is 19.2 Å². The SMILES string of the molecule is COCC(N)C(=O)NCC1(CC(C)C)CC1.Cl. The second-order valence-corrected chi connectivity index (χ2v) is 5.38. The Hall–Kier alpha value is -0.320. The predicted octanol–water partition coefficient (Wildman–Crippen LogP) is 1.32. The molecule has 0 bridgehead atoms. The van der Waals surface area contributed by atoms with Gasteiger partial charge >= 0.3 is 0 Å². The number of methoxy groups -OCH3 is 1. The molecule has 0 saturated heterocycles. The molecule has 0 aromatic carbocycles. The van der Waals surface area contributed by atoms with Crippen molar-refractivity contribution >= 4 is 18.3 Å². The van der Waals surface area contributed by atoms with E-state index in [0.29, 0.717) is 11.3 Å². The van der Waals surface area contributed by atoms with E-state index in [0.717, 1.165) is 6.54 Å². The van der Waals surface area contributed by atoms with Crippen molar-refractivity contribution in [3.05, 3.63) is 0 Å². The molecule has 1 fully saturated rings. The first-order chi connectivity index (χ1) is 7.49. The van der Waals surface area contributed by atoms with Gasteiger partial charge in [0.05, 0.1) is 6.61 Å². The van der Waals surface area contributed by atoms with Crippen molar-refractivity contribution in [2.24, 2.45) is 17.1 Å². The third-order valence-corrected chi connectivity index (χ3v) is 3.12. The fraction of sp³-hybridized carbons (Fsp3) is 0.917. The van der Waals surface area contributed by atoms with E-state index in [9.17, 15) is 4.79 Å². The van der Waals surface area contributed by atoms with Crippen LogP contribution in [-0.4, -0.2) is 32.2 Å². The van der Waals surface area contributed by atoms with Gasteiger partial charge in [-0.05, 0) is 30.6 Å². The van der Waals surface area contributed by atoms with Gasteiger partial charge in [-0.1, -0.05) is 13.8 Å². The summed E-state index contributed by atoms with van der Waals surface area (Å²) in [5.41, 5.74) is 6.00. The van der Waals surface area contributed by atoms with Gasteiger partial charge in [-0.25, -0.2) is 0 Å². The lowest BCUT2D eigenvalue weighted by molar-refractivity contribution is -0.123. The molecule has 1 atom stereocenters. The molecule has 3 N–H and O–H groups in total. The fourth-order valence-electron chi connectivity index (χ4n) is 2.16. The summed E-state index contributed by atoms with van der Waals surface area (Å²) in [5.74, 6) is 0.587. The van der Waals surface area contributed by atoms with Crippen molar-refractivity contribution in [2.45, 2.75) is 39.2 Å². The molecule has 0 heterocycles. The quantitative estimate of drug-likeness (QED) is 0.729. The number of nitrogens with two attached hydrogens (primary N) is 1. The zero-order valence-corrected chi connectivity index (χ0v) is 11.8. The van der Waals surface area contributed by atoms with Crippen LogP contribution in [0.1, 0.15) is 33.1 Å². The van der Waals surface area contributed by atoms with Crippen molar-refractivity contribution in [1.29, 1.82) is 0 Å². The number of halogens is 1. The minimum Gasteiger partial charge on any atom is -0.383 e. The minimum absolute atomic E-state index is 0. The van der Waals surface area contributed by atoms with Crippen LogP contribution in [0.15, 0.2) is 0 Å². The Balaban J connectivity index is 0.00000256. The van der Waals surface area contributed by atoms with E-state index in [1.807, 2.05) is 0 Å². The largest absolute Gasteiger partial charge is 0.383 e. The molecule has 1 rings (SSSR count). The molecule has 0 aromatic rings. The molecule has 1 unspecified atom stereocenters. The number of nitrogens with one attached hydrogen (secondary N) is 1. The normalized spacial score (nSPS) is 18.4. The van der Waals surface area contributed by atoms with E-state index >= 15 is 0 Å². The molecule has 1 amide bonds. The predicted molar refractivity (Wildman–Crippen MR) is 71.2 cm³/mol. The Morgan fingerprint density at radius 1 is 1.47 bits per heavy atom. The van der Waals surface area contributed by atoms with Crippen LogP contribution in [0.25, 0.3) is 0 Å². The van der Waals surface area contributed by atoms with Gasteiger partial charge in [-0.3, -0.25) is 4.79 Å². The first-order valence-corrected chi connectivity index (χ1v) is 6.01. The fourth-order valence-corrected chi connectivity index (χ4v) is 2.16. The van der Waals surface area contributed by atoms with E-state index in [-0.39, 0.29) is 24.9 Å². The smallest absolute Gasteiger partial charge is 0.239 e. The lowest BCUT2D eigenvalue weighted by atomic mass is 9.94. The average Bonchev–Trinajstić information content (AvgIpc) is 2.94. The summed E-state index contributed by atoms with van der Waals surface area (Å²) >= 11 is 0. The number of hydrogen-bond acceptors (Lipinski definition) is 3. The summed E-state index contributed by atoms with van der Waals surface area (Å²) in [4.78, 5) is 11.6. The van der Waals surface area contributed by atoms with Crippen LogP contribution in [0.2, 0.25) is 0 Å². The van der Waals surface area contributed by atoms with Crippen LogP contribution in [0.3, 0.4) is 0 Å². The number of amides is 1. The summed E-state index contributed by atoms with van der Waals surface area (Å²) in [5, 5.41) is 2.93. The van der Waals surface area contributed by atoms with Crippen LogP contribution in [0.4, 0.5) is 0 Å². The lowest BCUT2D eigenvalue weighted by Gasteiger charge is -2.19. The van der Waals surface area contributed by atoms with Gasteiger partial charge in [0, 0.05) is 13.7 Å². The summed E-state index contributed by atoms with van der Waals surface area (Å²) in [7, 11) is 1.55. The van der Waals surface area contributed by atoms with Crippen molar-refractivity contribution < 1.29 is 9.53 Å². The van der Waals surface area contributed by atoms with Gasteiger partial charge < -0.3 is 15.8 Å². The Bertz CT molecular complexity index is 243. The number of carbonyl (C=O) groups is 1. The molecule has 102 valence electrons. The van der Waals surface area contributed by atoms with Gasteiger partial charge in [0.25, 0.3) is 0 Å². The molecule has 1 aliphatic carbocycles. The maximum Gasteiger partial charge on any atom is 0.239 e. The number of ether oxygens (including phenoxy) is 1. The summed E-state index contributed by atoms with van der Waals surface area (Å²) < 4.78 is 4.85. The molecular formula is C12H25ClN2O2. The third-order valence-electron chi connectivity index (χ3n) is 3.12. The van der Waals surface area contributed by atoms with Crippen molar-refractivity contribution in [1.82, 2.24) is 5.32 Å². The first kappa shape index (κ1) is 16.7. The van der Waals surface area contributed by atoms with Gasteiger partial charge in [0.2, 0.25) is 5.91 Å². The monoisotopic (exact) mass is 264 g/mol. The third kappa shape index (κ3) is 5.70. The molecule has 1 aliphatic rings. The van der Waals surface area contributed by atoms with Crippen LogP contribution in [0, 0.1) is 11.3 Å². The maximum absolute atomic E-state index is 11.6. The van der Waals surface area contributed by atoms with E-state index in [4.69, 9.17) is 10.5 Å². The van der Waals surface area contributed by atoms with Crippen molar-refractivity contribution in [3.8, 4) is 0 Å². The maximum atomic E-state index is 11.6. The molecule has 0 radical (unpaired) electrons. The highest BCUT2D eigenvalue weighted by molar-refractivity contribution is 5.85. The Morgan fingerprint density at radius 2 is 2.06 bits per heavy atom. The second-order valence-electron chi connectivity index (χ2n) is 5.38. The van der Waals surface area contributed by atoms with Gasteiger partial charge in [0.15, 0.2) is 0 Å². The van der Waals surface area contributed by atoms with Crippen LogP contribution < -0.4 is 11.1 Å². The molecule has 0 spiro atoms. The molecule has 4 nitrogen and oxygen atoms in total. The number of carbonyl (C=O) groups excluding carboxylic acids is 1. The van der Waals surface area contributed by atoms with Crippen LogP contribution >= 0.6 is 12.4 Å². The highest BCUT2D eigenvalue weighted by Crippen LogP contribution is 2.49. The molecule has 17 heavy (non-hydrogen) atoms. The van der Waals surface area contributed by atoms with Crippen LogP contribution in [-0.2, 0) is 9.53 Å². The minimum atomic E-state index is -0.542. The second kappa shape index (κ2) is 7.19. The topological polar surface area (TPSA) is 64.3 Å². The summed E-state index contributed by atoms with van der Waals surface area (Å²) in [6, 6.07) is -0.542. The standard InChI is InChI=1S/C12H24N2O2.ClH/c1-9(2)6-12(4-5-12)8-14-11(15)10(13)7-16-3;/h9-10H,4-8,13H2,1-3H3,(H,14,15);1H. The molecule has 5 heteroatoms. The molecular weight excluding hydrogens is 240 g/mol. The first-order valence-electron chi connectivity index (χ1n) is 6.01. The van der Waals surface area contributed by atoms with Crippen molar-refractivity contribution in [2.75, 3.05) is 20.3 Å². The molecule has 0 aromatic heterocycles. The summed E-state index contributed by atoms with van der Waals surface area (Å²) in [6.07, 6.45) is 3.64. The van der Waals surface area contributed by atoms with Gasteiger partial charge in [-0.2, -0.15) is 0 Å². The van der Waals surface area contributed by atoms with Crippen molar-refractivity contribution in [3.63, 3.8) is 0 Å². The molecule has 0 aliphatic heterocycles. The molecule has 1 saturated carbocycles. The highest BCUT2D eigenvalue weighted by Gasteiger charge is 2.42. The highest BCUT2D eigenvalue weighted by atomic mass is 35.5. The van der Waals surface area contributed by atoms with Gasteiger partial charge in [0.1, 0.15) is 6.04 Å². The average molecular weight is 265 g/mol. The Kier molecular flexibility index (Phi) is 7.05. The Labute approximate surface area is 110 Å². The number of hydrogen-bond donors (Lipinski definition) is 2. The lowest BCUT2D eigenvalue weighted by Crippen LogP contribution is -2.45. The van der Waals surface area contributed by atoms with E-state index in [1.165, 1.54) is 19.3 Å². The zero-order valence-electron chi connectivity index (χ0n) is 11.0. The Morgan fingerprint density at radius 3 is 2.47 bits per heavy atom. The zero-order chi connectivity index (χ0) is 12.2. The van der Waals surface area contributed by atoms with Crippen LogP contribution in [0.5, 0.6) is 0 Å². The number of rotatable bonds is 7.